The Labute approximate surface area is 225 Å². The molecular weight excluding hydrogens is 482 g/mol. The first kappa shape index (κ1) is 27.5. The summed E-state index contributed by atoms with van der Waals surface area (Å²) >= 11 is 0. The highest BCUT2D eigenvalue weighted by molar-refractivity contribution is 5.96. The van der Waals surface area contributed by atoms with Crippen LogP contribution < -0.4 is 4.74 Å². The Morgan fingerprint density at radius 2 is 1.79 bits per heavy atom. The maximum absolute atomic E-state index is 13.5. The molecular formula is C30H39N3O5. The number of aromatic hydroxyl groups is 1. The number of phenolic OH excluding ortho intramolecular Hbond substituents is 1. The van der Waals surface area contributed by atoms with Crippen molar-refractivity contribution >= 4 is 12.0 Å². The van der Waals surface area contributed by atoms with Crippen LogP contribution in [-0.4, -0.2) is 77.2 Å². The Morgan fingerprint density at radius 3 is 2.50 bits per heavy atom. The first-order chi connectivity index (χ1) is 18.2. The normalized spacial score (nSPS) is 16.1. The molecule has 2 aliphatic rings. The number of hydrogen-bond donors (Lipinski definition) is 1. The van der Waals surface area contributed by atoms with Gasteiger partial charge in [-0.05, 0) is 68.5 Å². The minimum absolute atomic E-state index is 0.0274. The number of allylic oxidation sites excluding steroid dienone is 1. The molecule has 2 aliphatic heterocycles. The van der Waals surface area contributed by atoms with E-state index in [1.165, 1.54) is 5.56 Å². The van der Waals surface area contributed by atoms with Crippen LogP contribution in [0, 0.1) is 0 Å². The molecule has 0 bridgehead atoms. The summed E-state index contributed by atoms with van der Waals surface area (Å²) in [7, 11) is 1.56. The third kappa shape index (κ3) is 6.13. The highest BCUT2D eigenvalue weighted by Gasteiger charge is 2.35. The summed E-state index contributed by atoms with van der Waals surface area (Å²) < 4.78 is 10.5. The van der Waals surface area contributed by atoms with Crippen molar-refractivity contribution in [2.75, 3.05) is 39.9 Å². The molecule has 0 radical (unpaired) electrons. The Balaban J connectivity index is 1.37. The molecule has 1 N–H and O–H groups in total. The van der Waals surface area contributed by atoms with E-state index >= 15 is 0 Å². The predicted molar refractivity (Wildman–Crippen MR) is 146 cm³/mol. The number of amides is 2. The number of aryl methyl sites for hydroxylation is 1. The molecule has 0 unspecified atom stereocenters. The lowest BCUT2D eigenvalue weighted by atomic mass is 9.93. The molecule has 8 heteroatoms. The molecule has 8 nitrogen and oxygen atoms in total. The van der Waals surface area contributed by atoms with Gasteiger partial charge in [-0.1, -0.05) is 30.4 Å². The fraction of sp³-hybridized carbons (Fsp3) is 0.467. The second kappa shape index (κ2) is 11.9. The van der Waals surface area contributed by atoms with Crippen molar-refractivity contribution in [3.05, 3.63) is 70.8 Å². The van der Waals surface area contributed by atoms with Crippen molar-refractivity contribution in [2.24, 2.45) is 0 Å². The van der Waals surface area contributed by atoms with Crippen LogP contribution in [-0.2, 0) is 24.2 Å². The molecule has 4 rings (SSSR count). The van der Waals surface area contributed by atoms with Gasteiger partial charge in [0.1, 0.15) is 6.61 Å². The van der Waals surface area contributed by atoms with E-state index in [-0.39, 0.29) is 29.9 Å². The van der Waals surface area contributed by atoms with Crippen molar-refractivity contribution in [3.63, 3.8) is 0 Å². The summed E-state index contributed by atoms with van der Waals surface area (Å²) in [6.07, 6.45) is 5.08. The lowest BCUT2D eigenvalue weighted by Crippen LogP contribution is -2.50. The quantitative estimate of drug-likeness (QED) is 0.512. The van der Waals surface area contributed by atoms with Gasteiger partial charge in [0.2, 0.25) is 0 Å². The molecule has 0 saturated carbocycles. The number of ether oxygens (including phenoxy) is 2. The van der Waals surface area contributed by atoms with Crippen molar-refractivity contribution in [1.82, 2.24) is 14.7 Å². The van der Waals surface area contributed by atoms with Crippen LogP contribution in [0.5, 0.6) is 11.5 Å². The average Bonchev–Trinajstić information content (AvgIpc) is 3.38. The summed E-state index contributed by atoms with van der Waals surface area (Å²) in [4.78, 5) is 31.7. The molecule has 0 aliphatic carbocycles. The van der Waals surface area contributed by atoms with Gasteiger partial charge in [0.15, 0.2) is 11.5 Å². The number of methoxy groups -OCH3 is 1. The van der Waals surface area contributed by atoms with E-state index in [9.17, 15) is 14.7 Å². The largest absolute Gasteiger partial charge is 0.504 e. The minimum Gasteiger partial charge on any atom is -0.504 e. The van der Waals surface area contributed by atoms with E-state index in [4.69, 9.17) is 9.47 Å². The molecule has 0 aromatic heterocycles. The van der Waals surface area contributed by atoms with Gasteiger partial charge in [-0.15, -0.1) is 0 Å². The maximum atomic E-state index is 13.5. The highest BCUT2D eigenvalue weighted by atomic mass is 16.6. The number of carbonyl (C=O) groups excluding carboxylic acids is 2. The second-order valence-electron chi connectivity index (χ2n) is 10.5. The van der Waals surface area contributed by atoms with Crippen LogP contribution in [0.3, 0.4) is 0 Å². The Kier molecular flexibility index (Phi) is 8.62. The highest BCUT2D eigenvalue weighted by Crippen LogP contribution is 2.35. The van der Waals surface area contributed by atoms with Crippen LogP contribution in [0.4, 0.5) is 4.79 Å². The van der Waals surface area contributed by atoms with Crippen molar-refractivity contribution < 1.29 is 24.2 Å². The van der Waals surface area contributed by atoms with E-state index in [1.807, 2.05) is 42.2 Å². The SMILES string of the molecule is C/C=C/COC(=O)N1CCN(C(=O)c2cccc3c2CN(C(C)(C)CCc2ccc(O)c(OC)c2)C3)CC1. The summed E-state index contributed by atoms with van der Waals surface area (Å²) in [5.74, 6) is 0.663. The fourth-order valence-corrected chi connectivity index (χ4v) is 5.11. The van der Waals surface area contributed by atoms with E-state index in [1.54, 1.807) is 24.2 Å². The first-order valence-electron chi connectivity index (χ1n) is 13.3. The van der Waals surface area contributed by atoms with Crippen LogP contribution in [0.1, 0.15) is 54.2 Å². The van der Waals surface area contributed by atoms with E-state index in [2.05, 4.69) is 24.8 Å². The minimum atomic E-state index is -0.334. The average molecular weight is 522 g/mol. The standard InChI is InChI=1S/C30H39N3O5/c1-5-6-18-38-29(36)32-16-14-31(15-17-32)28(35)24-9-7-8-23-20-33(21-25(23)24)30(2,3)13-12-22-10-11-26(34)27(19-22)37-4/h5-11,19,34H,12-18,20-21H2,1-4H3/b6-5+. The second-order valence-corrected chi connectivity index (χ2v) is 10.5. The van der Waals surface area contributed by atoms with Crippen molar-refractivity contribution in [3.8, 4) is 11.5 Å². The smallest absolute Gasteiger partial charge is 0.410 e. The molecule has 1 fully saturated rings. The van der Waals surface area contributed by atoms with E-state index in [0.717, 1.165) is 42.6 Å². The third-order valence-corrected chi connectivity index (χ3v) is 7.70. The zero-order valence-corrected chi connectivity index (χ0v) is 22.9. The number of benzene rings is 2. The summed E-state index contributed by atoms with van der Waals surface area (Å²) in [6.45, 7) is 10.1. The zero-order chi connectivity index (χ0) is 27.3. The number of phenols is 1. The number of nitrogens with zero attached hydrogens (tertiary/aromatic N) is 3. The third-order valence-electron chi connectivity index (χ3n) is 7.70. The van der Waals surface area contributed by atoms with Gasteiger partial charge in [-0.2, -0.15) is 0 Å². The summed E-state index contributed by atoms with van der Waals surface area (Å²) in [5, 5.41) is 9.89. The van der Waals surface area contributed by atoms with Gasteiger partial charge < -0.3 is 24.4 Å². The number of fused-ring (bicyclic) bond motifs is 1. The van der Waals surface area contributed by atoms with Crippen LogP contribution in [0.2, 0.25) is 0 Å². The number of rotatable bonds is 8. The molecule has 2 aromatic rings. The van der Waals surface area contributed by atoms with E-state index in [0.29, 0.717) is 31.9 Å². The lowest BCUT2D eigenvalue weighted by Gasteiger charge is -2.36. The van der Waals surface area contributed by atoms with Crippen molar-refractivity contribution in [2.45, 2.75) is 52.2 Å². The first-order valence-corrected chi connectivity index (χ1v) is 13.3. The van der Waals surface area contributed by atoms with Crippen LogP contribution >= 0.6 is 0 Å². The predicted octanol–water partition coefficient (Wildman–Crippen LogP) is 4.60. The van der Waals surface area contributed by atoms with Gasteiger partial charge in [0, 0.05) is 50.4 Å². The Hall–Kier alpha value is -3.52. The maximum Gasteiger partial charge on any atom is 0.410 e. The Morgan fingerprint density at radius 1 is 1.05 bits per heavy atom. The van der Waals surface area contributed by atoms with Crippen LogP contribution in [0.15, 0.2) is 48.6 Å². The number of hydrogen-bond acceptors (Lipinski definition) is 6. The summed E-state index contributed by atoms with van der Waals surface area (Å²) in [5.41, 5.74) is 4.08. The molecule has 0 atom stereocenters. The Bertz CT molecular complexity index is 1180. The number of carbonyl (C=O) groups is 2. The van der Waals surface area contributed by atoms with Crippen LogP contribution in [0.25, 0.3) is 0 Å². The zero-order valence-electron chi connectivity index (χ0n) is 22.9. The molecule has 204 valence electrons. The fourth-order valence-electron chi connectivity index (χ4n) is 5.11. The van der Waals surface area contributed by atoms with Gasteiger partial charge in [-0.3, -0.25) is 9.69 Å². The number of piperazine rings is 1. The topological polar surface area (TPSA) is 82.6 Å². The molecule has 2 aromatic carbocycles. The van der Waals surface area contributed by atoms with Gasteiger partial charge in [0.25, 0.3) is 5.91 Å². The molecule has 2 heterocycles. The van der Waals surface area contributed by atoms with Crippen molar-refractivity contribution in [1.29, 1.82) is 0 Å². The van der Waals surface area contributed by atoms with E-state index < -0.39 is 0 Å². The summed E-state index contributed by atoms with van der Waals surface area (Å²) in [6, 6.07) is 11.5. The molecule has 2 amide bonds. The van der Waals surface area contributed by atoms with Gasteiger partial charge in [0.05, 0.1) is 7.11 Å². The molecule has 1 saturated heterocycles. The molecule has 0 spiro atoms. The molecule has 38 heavy (non-hydrogen) atoms. The van der Waals surface area contributed by atoms with Gasteiger partial charge >= 0.3 is 6.09 Å². The monoisotopic (exact) mass is 521 g/mol. The lowest BCUT2D eigenvalue weighted by molar-refractivity contribution is 0.0578. The van der Waals surface area contributed by atoms with Gasteiger partial charge in [-0.25, -0.2) is 4.79 Å².